The molecule has 0 aliphatic carbocycles. The molecule has 2 aromatic carbocycles. The number of carbonyl (C=O) groups is 1. The number of hydrogen-bond acceptors (Lipinski definition) is 5. The number of nitrogens with two attached hydrogens (primary N) is 1. The molecule has 0 unspecified atom stereocenters. The van der Waals surface area contributed by atoms with Crippen molar-refractivity contribution in [2.45, 2.75) is 46.6 Å². The van der Waals surface area contributed by atoms with Gasteiger partial charge in [0.05, 0.1) is 12.2 Å². The summed E-state index contributed by atoms with van der Waals surface area (Å²) < 4.78 is 0. The fraction of sp³-hybridized carbons (Fsp3) is 0.346. The molecule has 0 saturated carbocycles. The van der Waals surface area contributed by atoms with Crippen molar-refractivity contribution in [1.29, 1.82) is 0 Å². The summed E-state index contributed by atoms with van der Waals surface area (Å²) in [7, 11) is 3.77. The second-order valence-corrected chi connectivity index (χ2v) is 8.72. The van der Waals surface area contributed by atoms with Crippen LogP contribution in [0.1, 0.15) is 43.0 Å². The van der Waals surface area contributed by atoms with Crippen LogP contribution in [0.15, 0.2) is 42.7 Å². The Labute approximate surface area is 207 Å². The van der Waals surface area contributed by atoms with E-state index in [1.54, 1.807) is 23.4 Å². The average Bonchev–Trinajstić information content (AvgIpc) is 2.83. The maximum Gasteiger partial charge on any atom is 0.326 e. The van der Waals surface area contributed by atoms with Gasteiger partial charge in [0.1, 0.15) is 0 Å². The van der Waals surface area contributed by atoms with Gasteiger partial charge >= 0.3 is 6.03 Å². The number of nitrogens with one attached hydrogen (secondary N) is 1. The molecule has 0 aliphatic heterocycles. The van der Waals surface area contributed by atoms with Gasteiger partial charge in [0, 0.05) is 48.4 Å². The summed E-state index contributed by atoms with van der Waals surface area (Å²) in [6.07, 6.45) is 5.77. The Morgan fingerprint density at radius 2 is 1.59 bits per heavy atom. The van der Waals surface area contributed by atoms with Crippen LogP contribution in [0, 0.1) is 0 Å². The second-order valence-electron chi connectivity index (χ2n) is 8.31. The minimum absolute atomic E-state index is 0.271. The average molecular weight is 481 g/mol. The smallest absolute Gasteiger partial charge is 0.326 e. The van der Waals surface area contributed by atoms with Crippen molar-refractivity contribution < 1.29 is 4.79 Å². The van der Waals surface area contributed by atoms with Crippen LogP contribution in [-0.4, -0.2) is 30.1 Å². The third-order valence-corrected chi connectivity index (χ3v) is 6.13. The molecule has 3 aromatic rings. The minimum atomic E-state index is -0.271. The number of benzene rings is 2. The summed E-state index contributed by atoms with van der Waals surface area (Å²) in [5.41, 5.74) is 12.1. The molecule has 0 fully saturated rings. The molecule has 8 heteroatoms. The SMILES string of the molecule is CCc1ccc(N(Cc2cnc(N(C)C)nc2)C(=O)Nc2c(CC)c(N)cc(Cl)c2CC)cc1. The number of nitrogen functional groups attached to an aromatic ring is 1. The van der Waals surface area contributed by atoms with Crippen LogP contribution in [-0.2, 0) is 25.8 Å². The molecule has 0 atom stereocenters. The van der Waals surface area contributed by atoms with Crippen molar-refractivity contribution in [1.82, 2.24) is 9.97 Å². The summed E-state index contributed by atoms with van der Waals surface area (Å²) in [5.74, 6) is 0.613. The molecule has 0 saturated heterocycles. The first-order chi connectivity index (χ1) is 16.3. The molecule has 0 aliphatic rings. The lowest BCUT2D eigenvalue weighted by molar-refractivity contribution is 0.256. The third-order valence-electron chi connectivity index (χ3n) is 5.80. The lowest BCUT2D eigenvalue weighted by atomic mass is 10.0. The van der Waals surface area contributed by atoms with Gasteiger partial charge in [-0.25, -0.2) is 14.8 Å². The lowest BCUT2D eigenvalue weighted by Crippen LogP contribution is -2.35. The molecule has 0 spiro atoms. The van der Waals surface area contributed by atoms with Gasteiger partial charge in [-0.3, -0.25) is 4.90 Å². The second kappa shape index (κ2) is 11.2. The van der Waals surface area contributed by atoms with Crippen LogP contribution in [0.2, 0.25) is 5.02 Å². The van der Waals surface area contributed by atoms with Gasteiger partial charge in [-0.15, -0.1) is 0 Å². The van der Waals surface area contributed by atoms with E-state index in [0.29, 0.717) is 41.7 Å². The van der Waals surface area contributed by atoms with E-state index in [9.17, 15) is 4.79 Å². The molecular weight excluding hydrogens is 448 g/mol. The zero-order valence-corrected chi connectivity index (χ0v) is 21.3. The maximum atomic E-state index is 13.7. The van der Waals surface area contributed by atoms with Gasteiger partial charge < -0.3 is 16.0 Å². The first-order valence-electron chi connectivity index (χ1n) is 11.5. The standard InChI is InChI=1S/C26H33ClN6O/c1-6-17-9-11-19(12-10-17)33(16-18-14-29-25(30-15-18)32(4)5)26(34)31-24-20(7-2)22(27)13-23(28)21(24)8-3/h9-15H,6-8,16,28H2,1-5H3,(H,31,34). The molecule has 0 bridgehead atoms. The summed E-state index contributed by atoms with van der Waals surface area (Å²) >= 11 is 6.48. The van der Waals surface area contributed by atoms with Crippen LogP contribution in [0.5, 0.6) is 0 Å². The van der Waals surface area contributed by atoms with E-state index in [2.05, 4.69) is 22.2 Å². The van der Waals surface area contributed by atoms with Gasteiger partial charge in [-0.05, 0) is 54.2 Å². The molecule has 3 N–H and O–H groups in total. The number of nitrogens with zero attached hydrogens (tertiary/aromatic N) is 4. The van der Waals surface area contributed by atoms with Gasteiger partial charge in [0.15, 0.2) is 0 Å². The number of hydrogen-bond donors (Lipinski definition) is 2. The molecule has 2 amide bonds. The van der Waals surface area contributed by atoms with E-state index in [4.69, 9.17) is 17.3 Å². The Hall–Kier alpha value is -3.32. The van der Waals surface area contributed by atoms with E-state index in [1.807, 2.05) is 57.1 Å². The Kier molecular flexibility index (Phi) is 8.34. The molecular formula is C26H33ClN6O. The van der Waals surface area contributed by atoms with Gasteiger partial charge in [0.2, 0.25) is 5.95 Å². The zero-order valence-electron chi connectivity index (χ0n) is 20.5. The van der Waals surface area contributed by atoms with Crippen LogP contribution in [0.3, 0.4) is 0 Å². The fourth-order valence-corrected chi connectivity index (χ4v) is 4.19. The highest BCUT2D eigenvalue weighted by Gasteiger charge is 2.22. The van der Waals surface area contributed by atoms with E-state index < -0.39 is 0 Å². The van der Waals surface area contributed by atoms with Crippen molar-refractivity contribution in [2.75, 3.05) is 34.9 Å². The largest absolute Gasteiger partial charge is 0.398 e. The van der Waals surface area contributed by atoms with E-state index in [0.717, 1.165) is 28.8 Å². The van der Waals surface area contributed by atoms with Crippen molar-refractivity contribution in [3.05, 3.63) is 70.0 Å². The maximum absolute atomic E-state index is 13.7. The summed E-state index contributed by atoms with van der Waals surface area (Å²) in [6.45, 7) is 6.44. The Morgan fingerprint density at radius 3 is 2.12 bits per heavy atom. The first-order valence-corrected chi connectivity index (χ1v) is 11.9. The topological polar surface area (TPSA) is 87.4 Å². The normalized spacial score (nSPS) is 10.8. The predicted octanol–water partition coefficient (Wildman–Crippen LogP) is 5.70. The molecule has 1 aromatic heterocycles. The summed E-state index contributed by atoms with van der Waals surface area (Å²) in [4.78, 5) is 26.0. The van der Waals surface area contributed by atoms with Gasteiger partial charge in [-0.1, -0.05) is 44.5 Å². The molecule has 1 heterocycles. The molecule has 7 nitrogen and oxygen atoms in total. The van der Waals surface area contributed by atoms with E-state index in [1.165, 1.54) is 5.56 Å². The number of anilines is 4. The zero-order chi connectivity index (χ0) is 24.8. The highest BCUT2D eigenvalue weighted by atomic mass is 35.5. The van der Waals surface area contributed by atoms with Crippen molar-refractivity contribution in [2.24, 2.45) is 0 Å². The van der Waals surface area contributed by atoms with Crippen LogP contribution < -0.4 is 20.9 Å². The number of amides is 2. The third kappa shape index (κ3) is 5.59. The number of urea groups is 1. The van der Waals surface area contributed by atoms with Crippen molar-refractivity contribution in [3.8, 4) is 0 Å². The Bertz CT molecular complexity index is 1100. The first kappa shape index (κ1) is 25.3. The molecule has 34 heavy (non-hydrogen) atoms. The van der Waals surface area contributed by atoms with Crippen LogP contribution >= 0.6 is 11.6 Å². The lowest BCUT2D eigenvalue weighted by Gasteiger charge is -2.26. The number of aryl methyl sites for hydroxylation is 1. The van der Waals surface area contributed by atoms with Gasteiger partial charge in [0.25, 0.3) is 0 Å². The number of carbonyl (C=O) groups excluding carboxylic acids is 1. The van der Waals surface area contributed by atoms with E-state index >= 15 is 0 Å². The highest BCUT2D eigenvalue weighted by Crippen LogP contribution is 2.34. The fourth-order valence-electron chi connectivity index (χ4n) is 3.84. The van der Waals surface area contributed by atoms with Crippen LogP contribution in [0.4, 0.5) is 27.8 Å². The van der Waals surface area contributed by atoms with Crippen molar-refractivity contribution >= 4 is 40.6 Å². The number of aromatic nitrogens is 2. The summed E-state index contributed by atoms with van der Waals surface area (Å²) in [5, 5.41) is 3.67. The number of rotatable bonds is 8. The monoisotopic (exact) mass is 480 g/mol. The van der Waals surface area contributed by atoms with Crippen LogP contribution in [0.25, 0.3) is 0 Å². The van der Waals surface area contributed by atoms with Crippen molar-refractivity contribution in [3.63, 3.8) is 0 Å². The minimum Gasteiger partial charge on any atom is -0.398 e. The van der Waals surface area contributed by atoms with E-state index in [-0.39, 0.29) is 6.03 Å². The predicted molar refractivity (Wildman–Crippen MR) is 142 cm³/mol. The highest BCUT2D eigenvalue weighted by molar-refractivity contribution is 6.32. The molecule has 180 valence electrons. The molecule has 0 radical (unpaired) electrons. The molecule has 3 rings (SSSR count). The van der Waals surface area contributed by atoms with Gasteiger partial charge in [-0.2, -0.15) is 0 Å². The Morgan fingerprint density at radius 1 is 0.971 bits per heavy atom. The quantitative estimate of drug-likeness (QED) is 0.403. The summed E-state index contributed by atoms with van der Waals surface area (Å²) in [6, 6.07) is 9.48. The number of halogens is 1. The Balaban J connectivity index is 2.00.